The van der Waals surface area contributed by atoms with Crippen molar-refractivity contribution in [1.29, 1.82) is 0 Å². The van der Waals surface area contributed by atoms with E-state index < -0.39 is 0 Å². The van der Waals surface area contributed by atoms with E-state index in [1.807, 2.05) is 12.2 Å². The Morgan fingerprint density at radius 1 is 0.417 bits per heavy atom. The zero-order valence-electron chi connectivity index (χ0n) is 28.9. The smallest absolute Gasteiger partial charge is 0.00197 e. The maximum absolute atomic E-state index is 4.24. The molecule has 0 radical (unpaired) electrons. The van der Waals surface area contributed by atoms with E-state index >= 15 is 0 Å². The topological polar surface area (TPSA) is 0 Å². The Balaban J connectivity index is 1.49. The SMILES string of the molecule is C=Cc1cc2c(-c3ccccc3CCCCCC)ccc3c4ccc(-c5ccccc5CCCCCC)c5cc(C=C)cc(c(c1)c23)c54. The summed E-state index contributed by atoms with van der Waals surface area (Å²) in [6.45, 7) is 13.1. The molecule has 0 unspecified atom stereocenters. The van der Waals surface area contributed by atoms with Gasteiger partial charge in [0.05, 0.1) is 0 Å². The normalized spacial score (nSPS) is 11.7. The van der Waals surface area contributed by atoms with Gasteiger partial charge in [-0.25, -0.2) is 0 Å². The average molecular weight is 625 g/mol. The molecule has 0 saturated carbocycles. The third-order valence-electron chi connectivity index (χ3n) is 10.5. The van der Waals surface area contributed by atoms with E-state index in [0.717, 1.165) is 24.0 Å². The molecule has 7 aromatic rings. The summed E-state index contributed by atoms with van der Waals surface area (Å²) in [6.07, 6.45) is 16.4. The van der Waals surface area contributed by atoms with Crippen LogP contribution in [0.4, 0.5) is 0 Å². The van der Waals surface area contributed by atoms with Gasteiger partial charge in [-0.3, -0.25) is 0 Å². The maximum atomic E-state index is 4.24. The molecule has 48 heavy (non-hydrogen) atoms. The third kappa shape index (κ3) is 5.83. The fraction of sp³-hybridized carbons (Fsp3) is 0.250. The predicted molar refractivity (Wildman–Crippen MR) is 214 cm³/mol. The van der Waals surface area contributed by atoms with Gasteiger partial charge in [-0.1, -0.05) is 150 Å². The minimum absolute atomic E-state index is 1.11. The van der Waals surface area contributed by atoms with Crippen molar-refractivity contribution in [2.45, 2.75) is 78.1 Å². The summed E-state index contributed by atoms with van der Waals surface area (Å²) in [5.41, 5.74) is 10.6. The second kappa shape index (κ2) is 14.2. The predicted octanol–water partition coefficient (Wildman–Crippen LogP) is 14.6. The van der Waals surface area contributed by atoms with Gasteiger partial charge in [0.25, 0.3) is 0 Å². The Kier molecular flexibility index (Phi) is 9.44. The van der Waals surface area contributed by atoms with E-state index in [1.54, 1.807) is 0 Å². The molecule has 0 amide bonds. The molecule has 0 bridgehead atoms. The molecule has 0 aromatic heterocycles. The van der Waals surface area contributed by atoms with Crippen molar-refractivity contribution < 1.29 is 0 Å². The van der Waals surface area contributed by atoms with E-state index in [2.05, 4.69) is 124 Å². The number of hydrogen-bond acceptors (Lipinski definition) is 0. The summed E-state index contributed by atoms with van der Waals surface area (Å²) in [5, 5.41) is 10.6. The lowest BCUT2D eigenvalue weighted by molar-refractivity contribution is 0.667. The molecule has 0 N–H and O–H groups in total. The average Bonchev–Trinajstić information content (AvgIpc) is 3.13. The lowest BCUT2D eigenvalue weighted by Crippen LogP contribution is -1.96. The molecule has 0 heteroatoms. The van der Waals surface area contributed by atoms with Crippen LogP contribution in [0.2, 0.25) is 0 Å². The van der Waals surface area contributed by atoms with Crippen LogP contribution in [-0.4, -0.2) is 0 Å². The van der Waals surface area contributed by atoms with Crippen molar-refractivity contribution >= 4 is 55.2 Å². The Morgan fingerprint density at radius 3 is 1.25 bits per heavy atom. The van der Waals surface area contributed by atoms with Gasteiger partial charge in [0.15, 0.2) is 0 Å². The Bertz CT molecular complexity index is 2080. The van der Waals surface area contributed by atoms with Crippen molar-refractivity contribution in [2.75, 3.05) is 0 Å². The van der Waals surface area contributed by atoms with Gasteiger partial charge in [-0.15, -0.1) is 0 Å². The van der Waals surface area contributed by atoms with Crippen LogP contribution in [0.3, 0.4) is 0 Å². The quantitative estimate of drug-likeness (QED) is 0.0641. The largest absolute Gasteiger partial charge is 0.0985 e. The standard InChI is InChI=1S/C48H48/c1-5-9-11-13-19-35-21-15-17-23-37(35)39-25-27-41-42-28-26-40(38-24-18-16-22-36(38)20-14-12-10-6-2)44-30-34(8-4)32-46(48(42)44)45-31-33(7-3)29-43(39)47(41)45/h7-8,15-18,21-32H,3-6,9-14,19-20H2,1-2H3. The van der Waals surface area contributed by atoms with E-state index in [0.29, 0.717) is 0 Å². The first-order valence-electron chi connectivity index (χ1n) is 18.3. The second-order valence-corrected chi connectivity index (χ2v) is 13.6. The molecule has 7 rings (SSSR count). The lowest BCUT2D eigenvalue weighted by atomic mass is 9.82. The molecule has 0 heterocycles. The number of aryl methyl sites for hydroxylation is 2. The van der Waals surface area contributed by atoms with Crippen LogP contribution in [0, 0.1) is 0 Å². The highest BCUT2D eigenvalue weighted by molar-refractivity contribution is 6.35. The maximum Gasteiger partial charge on any atom is -0.00197 e. The summed E-state index contributed by atoms with van der Waals surface area (Å²) in [5.74, 6) is 0. The van der Waals surface area contributed by atoms with Gasteiger partial charge in [0.2, 0.25) is 0 Å². The summed E-state index contributed by atoms with van der Waals surface area (Å²) in [6, 6.07) is 37.1. The molecule has 0 spiro atoms. The molecule has 7 aromatic carbocycles. The van der Waals surface area contributed by atoms with Crippen molar-refractivity contribution in [3.05, 3.63) is 132 Å². The number of unbranched alkanes of at least 4 members (excludes halogenated alkanes) is 6. The molecule has 0 fully saturated rings. The fourth-order valence-electron chi connectivity index (χ4n) is 8.08. The number of benzene rings is 7. The van der Waals surface area contributed by atoms with Crippen LogP contribution in [0.25, 0.3) is 77.5 Å². The van der Waals surface area contributed by atoms with Gasteiger partial charge in [0.1, 0.15) is 0 Å². The highest BCUT2D eigenvalue weighted by Gasteiger charge is 2.20. The van der Waals surface area contributed by atoms with E-state index in [1.165, 1.54) is 128 Å². The summed E-state index contributed by atoms with van der Waals surface area (Å²) < 4.78 is 0. The molecule has 0 aliphatic rings. The lowest BCUT2D eigenvalue weighted by Gasteiger charge is -2.21. The Labute approximate surface area is 287 Å². The second-order valence-electron chi connectivity index (χ2n) is 13.6. The van der Waals surface area contributed by atoms with Crippen LogP contribution in [0.15, 0.2) is 110 Å². The molecular formula is C48H48. The van der Waals surface area contributed by atoms with Crippen LogP contribution >= 0.6 is 0 Å². The van der Waals surface area contributed by atoms with Crippen LogP contribution < -0.4 is 0 Å². The van der Waals surface area contributed by atoms with Crippen LogP contribution in [0.5, 0.6) is 0 Å². The van der Waals surface area contributed by atoms with E-state index in [9.17, 15) is 0 Å². The molecular weight excluding hydrogens is 577 g/mol. The van der Waals surface area contributed by atoms with Gasteiger partial charge in [-0.05, 0) is 138 Å². The van der Waals surface area contributed by atoms with Crippen molar-refractivity contribution in [3.8, 4) is 22.3 Å². The number of hydrogen-bond donors (Lipinski definition) is 0. The molecule has 0 aliphatic carbocycles. The first kappa shape index (κ1) is 31.9. The van der Waals surface area contributed by atoms with E-state index in [4.69, 9.17) is 0 Å². The molecule has 0 saturated heterocycles. The van der Waals surface area contributed by atoms with Crippen molar-refractivity contribution in [2.24, 2.45) is 0 Å². The van der Waals surface area contributed by atoms with Gasteiger partial charge >= 0.3 is 0 Å². The third-order valence-corrected chi connectivity index (χ3v) is 10.5. The first-order chi connectivity index (χ1) is 23.7. The van der Waals surface area contributed by atoms with Crippen LogP contribution in [-0.2, 0) is 12.8 Å². The molecule has 240 valence electrons. The number of rotatable bonds is 14. The Hall–Kier alpha value is -4.68. The molecule has 0 atom stereocenters. The molecule has 0 aliphatic heterocycles. The monoisotopic (exact) mass is 624 g/mol. The molecule has 0 nitrogen and oxygen atoms in total. The minimum atomic E-state index is 1.11. The van der Waals surface area contributed by atoms with Crippen molar-refractivity contribution in [1.82, 2.24) is 0 Å². The Morgan fingerprint density at radius 2 is 0.833 bits per heavy atom. The van der Waals surface area contributed by atoms with Gasteiger partial charge in [-0.2, -0.15) is 0 Å². The van der Waals surface area contributed by atoms with Crippen LogP contribution in [0.1, 0.15) is 87.5 Å². The summed E-state index contributed by atoms with van der Waals surface area (Å²) in [4.78, 5) is 0. The summed E-state index contributed by atoms with van der Waals surface area (Å²) >= 11 is 0. The van der Waals surface area contributed by atoms with Gasteiger partial charge < -0.3 is 0 Å². The highest BCUT2D eigenvalue weighted by Crippen LogP contribution is 2.47. The fourth-order valence-corrected chi connectivity index (χ4v) is 8.08. The summed E-state index contributed by atoms with van der Waals surface area (Å²) in [7, 11) is 0. The van der Waals surface area contributed by atoms with Gasteiger partial charge in [0, 0.05) is 0 Å². The zero-order valence-corrected chi connectivity index (χ0v) is 28.9. The zero-order chi connectivity index (χ0) is 33.0. The van der Waals surface area contributed by atoms with Crippen molar-refractivity contribution in [3.63, 3.8) is 0 Å². The number of fused-ring (bicyclic) bond motifs is 2. The van der Waals surface area contributed by atoms with E-state index in [-0.39, 0.29) is 0 Å². The highest BCUT2D eigenvalue weighted by atomic mass is 14.2. The first-order valence-corrected chi connectivity index (χ1v) is 18.3. The minimum Gasteiger partial charge on any atom is -0.0985 e.